The summed E-state index contributed by atoms with van der Waals surface area (Å²) in [5.41, 5.74) is 3.33. The van der Waals surface area contributed by atoms with Crippen molar-refractivity contribution in [1.82, 2.24) is 5.32 Å². The van der Waals surface area contributed by atoms with Crippen LogP contribution in [0.5, 0.6) is 0 Å². The fourth-order valence-corrected chi connectivity index (χ4v) is 3.48. The second-order valence-corrected chi connectivity index (χ2v) is 8.07. The lowest BCUT2D eigenvalue weighted by Crippen LogP contribution is -2.48. The van der Waals surface area contributed by atoms with Gasteiger partial charge in [0.2, 0.25) is 0 Å². The lowest BCUT2D eigenvalue weighted by atomic mass is 9.87. The van der Waals surface area contributed by atoms with Crippen molar-refractivity contribution < 1.29 is 19.1 Å². The highest BCUT2D eigenvalue weighted by Crippen LogP contribution is 2.35. The zero-order valence-electron chi connectivity index (χ0n) is 17.0. The van der Waals surface area contributed by atoms with E-state index in [0.29, 0.717) is 28.3 Å². The summed E-state index contributed by atoms with van der Waals surface area (Å²) >= 11 is 6.00. The molecule has 2 aromatic carbocycles. The Bertz CT molecular complexity index is 977. The van der Waals surface area contributed by atoms with Gasteiger partial charge in [-0.05, 0) is 68.1 Å². The van der Waals surface area contributed by atoms with Gasteiger partial charge in [0.05, 0.1) is 12.2 Å². The van der Waals surface area contributed by atoms with E-state index < -0.39 is 11.7 Å². The normalized spacial score (nSPS) is 15.7. The van der Waals surface area contributed by atoms with Gasteiger partial charge in [0.1, 0.15) is 5.76 Å². The summed E-state index contributed by atoms with van der Waals surface area (Å²) in [6.45, 7) is 7.58. The molecule has 0 unspecified atom stereocenters. The molecule has 0 atom stereocenters. The number of benzene rings is 2. The molecule has 1 heterocycles. The summed E-state index contributed by atoms with van der Waals surface area (Å²) < 4.78 is 10.4. The Morgan fingerprint density at radius 1 is 1.14 bits per heavy atom. The van der Waals surface area contributed by atoms with Crippen LogP contribution in [-0.4, -0.2) is 24.2 Å². The molecule has 2 aromatic rings. The molecule has 1 aliphatic rings. The van der Waals surface area contributed by atoms with E-state index in [1.165, 1.54) is 0 Å². The second kappa shape index (κ2) is 8.29. The largest absolute Gasteiger partial charge is 0.513 e. The molecule has 0 saturated heterocycles. The number of carbonyl (C=O) groups excluding carboxylic acids is 2. The molecule has 0 fully saturated rings. The number of hydrogen-bond donors (Lipinski definition) is 1. The third-order valence-corrected chi connectivity index (χ3v) is 4.97. The van der Waals surface area contributed by atoms with Crippen LogP contribution in [0.4, 0.5) is 4.79 Å². The van der Waals surface area contributed by atoms with Crippen molar-refractivity contribution in [3.8, 4) is 11.1 Å². The average Bonchev–Trinajstić information content (AvgIpc) is 2.62. The van der Waals surface area contributed by atoms with Crippen LogP contribution in [0, 0.1) is 6.92 Å². The molecular weight excluding hydrogens is 390 g/mol. The van der Waals surface area contributed by atoms with Crippen molar-refractivity contribution in [2.45, 2.75) is 39.7 Å². The lowest BCUT2D eigenvalue weighted by Gasteiger charge is -2.33. The summed E-state index contributed by atoms with van der Waals surface area (Å²) in [5, 5.41) is 3.64. The standard InChI is InChI=1S/C23H24ClNO4/c1-5-28-22(27)29-19-13-23(3,4)25-21(26)20(19)18-12-16(7-6-14(18)2)15-8-10-17(24)11-9-15/h6-12H,5,13H2,1-4H3,(H,25,26). The van der Waals surface area contributed by atoms with Gasteiger partial charge in [-0.25, -0.2) is 4.79 Å². The first kappa shape index (κ1) is 20.9. The van der Waals surface area contributed by atoms with E-state index >= 15 is 0 Å². The van der Waals surface area contributed by atoms with Crippen LogP contribution in [-0.2, 0) is 14.3 Å². The van der Waals surface area contributed by atoms with E-state index in [4.69, 9.17) is 21.1 Å². The summed E-state index contributed by atoms with van der Waals surface area (Å²) in [6.07, 6.45) is -0.436. The Morgan fingerprint density at radius 3 is 2.45 bits per heavy atom. The zero-order valence-corrected chi connectivity index (χ0v) is 17.7. The fourth-order valence-electron chi connectivity index (χ4n) is 3.35. The fraction of sp³-hybridized carbons (Fsp3) is 0.304. The Kier molecular flexibility index (Phi) is 5.99. The molecule has 0 spiro atoms. The van der Waals surface area contributed by atoms with Gasteiger partial charge in [-0.15, -0.1) is 0 Å². The molecular formula is C23H24ClNO4. The summed E-state index contributed by atoms with van der Waals surface area (Å²) in [4.78, 5) is 25.0. The minimum Gasteiger partial charge on any atom is -0.434 e. The number of hydrogen-bond acceptors (Lipinski definition) is 4. The highest BCUT2D eigenvalue weighted by atomic mass is 35.5. The topological polar surface area (TPSA) is 64.6 Å². The Balaban J connectivity index is 2.12. The first-order valence-corrected chi connectivity index (χ1v) is 9.85. The van der Waals surface area contributed by atoms with Gasteiger partial charge >= 0.3 is 6.16 Å². The number of aryl methyl sites for hydroxylation is 1. The van der Waals surface area contributed by atoms with Gasteiger partial charge < -0.3 is 14.8 Å². The Morgan fingerprint density at radius 2 is 1.79 bits per heavy atom. The maximum absolute atomic E-state index is 13.0. The van der Waals surface area contributed by atoms with Crippen LogP contribution in [0.3, 0.4) is 0 Å². The molecule has 1 N–H and O–H groups in total. The van der Waals surface area contributed by atoms with Crippen LogP contribution >= 0.6 is 11.6 Å². The van der Waals surface area contributed by atoms with Crippen LogP contribution in [0.25, 0.3) is 16.7 Å². The van der Waals surface area contributed by atoms with Crippen molar-refractivity contribution >= 4 is 29.2 Å². The number of rotatable bonds is 4. The minimum atomic E-state index is -0.808. The van der Waals surface area contributed by atoms with Gasteiger partial charge in [-0.3, -0.25) is 4.79 Å². The van der Waals surface area contributed by atoms with Crippen molar-refractivity contribution in [2.75, 3.05) is 6.61 Å². The highest BCUT2D eigenvalue weighted by Gasteiger charge is 2.35. The first-order chi connectivity index (χ1) is 13.7. The molecule has 1 aliphatic heterocycles. The van der Waals surface area contributed by atoms with E-state index in [2.05, 4.69) is 5.32 Å². The molecule has 1 amide bonds. The predicted molar refractivity (Wildman–Crippen MR) is 113 cm³/mol. The number of nitrogens with one attached hydrogen (secondary N) is 1. The van der Waals surface area contributed by atoms with Crippen LogP contribution in [0.1, 0.15) is 38.3 Å². The Labute approximate surface area is 175 Å². The molecule has 0 saturated carbocycles. The van der Waals surface area contributed by atoms with E-state index in [-0.39, 0.29) is 12.5 Å². The maximum Gasteiger partial charge on any atom is 0.513 e. The average molecular weight is 414 g/mol. The van der Waals surface area contributed by atoms with Crippen molar-refractivity contribution in [3.05, 3.63) is 64.4 Å². The first-order valence-electron chi connectivity index (χ1n) is 9.47. The molecule has 0 aliphatic carbocycles. The maximum atomic E-state index is 13.0. The van der Waals surface area contributed by atoms with Crippen molar-refractivity contribution in [3.63, 3.8) is 0 Å². The van der Waals surface area contributed by atoms with E-state index in [1.807, 2.05) is 63.2 Å². The van der Waals surface area contributed by atoms with Crippen molar-refractivity contribution in [1.29, 1.82) is 0 Å². The number of ether oxygens (including phenoxy) is 2. The van der Waals surface area contributed by atoms with E-state index in [1.54, 1.807) is 6.92 Å². The monoisotopic (exact) mass is 413 g/mol. The predicted octanol–water partition coefficient (Wildman–Crippen LogP) is 5.50. The van der Waals surface area contributed by atoms with Gasteiger partial charge in [-0.2, -0.15) is 0 Å². The SMILES string of the molecule is CCOC(=O)OC1=C(c2cc(-c3ccc(Cl)cc3)ccc2C)C(=O)NC(C)(C)C1. The quantitative estimate of drug-likeness (QED) is 0.672. The van der Waals surface area contributed by atoms with Gasteiger partial charge in [0, 0.05) is 17.0 Å². The number of halogens is 1. The second-order valence-electron chi connectivity index (χ2n) is 7.63. The van der Waals surface area contributed by atoms with Crippen LogP contribution < -0.4 is 5.32 Å². The molecule has 0 bridgehead atoms. The molecule has 0 aromatic heterocycles. The van der Waals surface area contributed by atoms with Gasteiger partial charge in [0.25, 0.3) is 5.91 Å². The summed E-state index contributed by atoms with van der Waals surface area (Å²) in [6, 6.07) is 13.3. The zero-order chi connectivity index (χ0) is 21.2. The number of amides is 1. The van der Waals surface area contributed by atoms with E-state index in [9.17, 15) is 9.59 Å². The van der Waals surface area contributed by atoms with Crippen LogP contribution in [0.2, 0.25) is 5.02 Å². The smallest absolute Gasteiger partial charge is 0.434 e. The highest BCUT2D eigenvalue weighted by molar-refractivity contribution is 6.30. The molecule has 5 nitrogen and oxygen atoms in total. The molecule has 6 heteroatoms. The van der Waals surface area contributed by atoms with Gasteiger partial charge in [-0.1, -0.05) is 35.9 Å². The number of carbonyl (C=O) groups is 2. The summed E-state index contributed by atoms with van der Waals surface area (Å²) in [7, 11) is 0. The minimum absolute atomic E-state index is 0.197. The van der Waals surface area contributed by atoms with Crippen LogP contribution in [0.15, 0.2) is 48.2 Å². The molecule has 152 valence electrons. The van der Waals surface area contributed by atoms with Gasteiger partial charge in [0.15, 0.2) is 0 Å². The Hall–Kier alpha value is -2.79. The summed E-state index contributed by atoms with van der Waals surface area (Å²) in [5.74, 6) is 0.0328. The molecule has 0 radical (unpaired) electrons. The third kappa shape index (κ3) is 4.80. The van der Waals surface area contributed by atoms with E-state index in [0.717, 1.165) is 16.7 Å². The van der Waals surface area contributed by atoms with Crippen molar-refractivity contribution in [2.24, 2.45) is 0 Å². The lowest BCUT2D eigenvalue weighted by molar-refractivity contribution is -0.117. The third-order valence-electron chi connectivity index (χ3n) is 4.71. The molecule has 29 heavy (non-hydrogen) atoms. The molecule has 3 rings (SSSR count).